The third kappa shape index (κ3) is 7.29. The lowest BCUT2D eigenvalue weighted by atomic mass is 9.97. The van der Waals surface area contributed by atoms with Crippen LogP contribution in [0.4, 0.5) is 15.3 Å². The van der Waals surface area contributed by atoms with Gasteiger partial charge in [-0.25, -0.2) is 9.59 Å². The first-order valence-corrected chi connectivity index (χ1v) is 9.98. The maximum Gasteiger partial charge on any atom is 0.411 e. The molecular formula is C21H31N3O5. The Hall–Kier alpha value is -2.77. The summed E-state index contributed by atoms with van der Waals surface area (Å²) in [5.74, 6) is 0.0229. The van der Waals surface area contributed by atoms with Crippen molar-refractivity contribution in [3.05, 3.63) is 29.8 Å². The van der Waals surface area contributed by atoms with Crippen LogP contribution < -0.4 is 10.6 Å². The molecule has 3 amide bonds. The van der Waals surface area contributed by atoms with Crippen molar-refractivity contribution in [2.24, 2.45) is 5.92 Å². The fourth-order valence-corrected chi connectivity index (χ4v) is 3.05. The number of hydrogen-bond acceptors (Lipinski definition) is 5. The van der Waals surface area contributed by atoms with Gasteiger partial charge in [-0.1, -0.05) is 12.1 Å². The van der Waals surface area contributed by atoms with Gasteiger partial charge in [-0.15, -0.1) is 0 Å². The number of piperidine rings is 1. The molecule has 0 unspecified atom stereocenters. The van der Waals surface area contributed by atoms with Crippen LogP contribution in [0.2, 0.25) is 0 Å². The maximum absolute atomic E-state index is 12.6. The van der Waals surface area contributed by atoms with Crippen molar-refractivity contribution in [3.63, 3.8) is 0 Å². The number of para-hydroxylation sites is 1. The van der Waals surface area contributed by atoms with E-state index in [0.29, 0.717) is 30.9 Å². The zero-order valence-corrected chi connectivity index (χ0v) is 17.6. The Morgan fingerprint density at radius 3 is 2.41 bits per heavy atom. The zero-order chi connectivity index (χ0) is 21.4. The van der Waals surface area contributed by atoms with E-state index in [9.17, 15) is 14.4 Å². The van der Waals surface area contributed by atoms with E-state index in [1.807, 2.05) is 20.8 Å². The molecule has 0 aromatic heterocycles. The number of ether oxygens (including phenoxy) is 2. The standard InChI is InChI=1S/C21H31N3O5/c1-5-28-19(26)23-17-9-7-6-8-16(17)18(25)22-14-15-10-12-24(13-11-15)20(27)29-21(2,3)4/h6-9,15H,5,10-14H2,1-4H3,(H,22,25)(H,23,26). The average Bonchev–Trinajstić information content (AvgIpc) is 2.66. The summed E-state index contributed by atoms with van der Waals surface area (Å²) in [5.41, 5.74) is 0.280. The first-order valence-electron chi connectivity index (χ1n) is 9.98. The van der Waals surface area contributed by atoms with Crippen LogP contribution >= 0.6 is 0 Å². The summed E-state index contributed by atoms with van der Waals surface area (Å²) in [6.07, 6.45) is 0.700. The van der Waals surface area contributed by atoms with Crippen LogP contribution in [0.5, 0.6) is 0 Å². The fourth-order valence-electron chi connectivity index (χ4n) is 3.05. The molecule has 1 heterocycles. The third-order valence-electron chi connectivity index (χ3n) is 4.50. The summed E-state index contributed by atoms with van der Waals surface area (Å²) in [7, 11) is 0. The lowest BCUT2D eigenvalue weighted by molar-refractivity contribution is 0.0183. The van der Waals surface area contributed by atoms with Crippen LogP contribution in [-0.4, -0.2) is 54.8 Å². The predicted molar refractivity (Wildman–Crippen MR) is 110 cm³/mol. The van der Waals surface area contributed by atoms with Crippen molar-refractivity contribution in [1.29, 1.82) is 0 Å². The lowest BCUT2D eigenvalue weighted by Crippen LogP contribution is -2.43. The highest BCUT2D eigenvalue weighted by molar-refractivity contribution is 6.02. The number of carbonyl (C=O) groups is 3. The first kappa shape index (κ1) is 22.5. The Labute approximate surface area is 171 Å². The number of nitrogens with one attached hydrogen (secondary N) is 2. The van der Waals surface area contributed by atoms with E-state index in [2.05, 4.69) is 10.6 Å². The van der Waals surface area contributed by atoms with Crippen molar-refractivity contribution >= 4 is 23.8 Å². The van der Waals surface area contributed by atoms with Gasteiger partial charge in [0.15, 0.2) is 0 Å². The molecule has 0 atom stereocenters. The average molecular weight is 405 g/mol. The van der Waals surface area contributed by atoms with E-state index in [-0.39, 0.29) is 24.5 Å². The smallest absolute Gasteiger partial charge is 0.411 e. The van der Waals surface area contributed by atoms with Gasteiger partial charge in [-0.05, 0) is 58.6 Å². The second-order valence-corrected chi connectivity index (χ2v) is 8.01. The van der Waals surface area contributed by atoms with Gasteiger partial charge in [0.25, 0.3) is 5.91 Å². The van der Waals surface area contributed by atoms with Crippen molar-refractivity contribution < 1.29 is 23.9 Å². The number of nitrogens with zero attached hydrogens (tertiary/aromatic N) is 1. The van der Waals surface area contributed by atoms with Gasteiger partial charge in [-0.3, -0.25) is 10.1 Å². The number of likely N-dealkylation sites (tertiary alicyclic amines) is 1. The number of rotatable bonds is 5. The van der Waals surface area contributed by atoms with Gasteiger partial charge >= 0.3 is 12.2 Å². The molecule has 160 valence electrons. The van der Waals surface area contributed by atoms with Crippen LogP contribution in [0.15, 0.2) is 24.3 Å². The number of benzene rings is 1. The van der Waals surface area contributed by atoms with Gasteiger partial charge in [0.05, 0.1) is 17.9 Å². The molecule has 1 aromatic rings. The summed E-state index contributed by atoms with van der Waals surface area (Å²) in [5, 5.41) is 5.52. The second-order valence-electron chi connectivity index (χ2n) is 8.01. The molecule has 0 radical (unpaired) electrons. The summed E-state index contributed by atoms with van der Waals surface area (Å²) in [6.45, 7) is 9.24. The summed E-state index contributed by atoms with van der Waals surface area (Å²) in [4.78, 5) is 38.1. The molecule has 1 aliphatic heterocycles. The number of hydrogen-bond donors (Lipinski definition) is 2. The lowest BCUT2D eigenvalue weighted by Gasteiger charge is -2.33. The Morgan fingerprint density at radius 1 is 1.14 bits per heavy atom. The van der Waals surface area contributed by atoms with E-state index >= 15 is 0 Å². The maximum atomic E-state index is 12.6. The molecule has 0 aliphatic carbocycles. The molecule has 1 fully saturated rings. The first-order chi connectivity index (χ1) is 13.7. The highest BCUT2D eigenvalue weighted by atomic mass is 16.6. The van der Waals surface area contributed by atoms with E-state index in [4.69, 9.17) is 9.47 Å². The molecule has 1 aromatic carbocycles. The van der Waals surface area contributed by atoms with Crippen LogP contribution in [-0.2, 0) is 9.47 Å². The molecular weight excluding hydrogens is 374 g/mol. The Bertz CT molecular complexity index is 721. The van der Waals surface area contributed by atoms with Crippen molar-refractivity contribution in [1.82, 2.24) is 10.2 Å². The van der Waals surface area contributed by atoms with Gasteiger partial charge in [0.2, 0.25) is 0 Å². The molecule has 2 rings (SSSR count). The number of amides is 3. The summed E-state index contributed by atoms with van der Waals surface area (Å²) in [6, 6.07) is 6.79. The van der Waals surface area contributed by atoms with E-state index in [1.165, 1.54) is 0 Å². The van der Waals surface area contributed by atoms with Crippen LogP contribution in [0.25, 0.3) is 0 Å². The molecule has 8 heteroatoms. The van der Waals surface area contributed by atoms with Crippen LogP contribution in [0.3, 0.4) is 0 Å². The minimum Gasteiger partial charge on any atom is -0.450 e. The molecule has 1 aliphatic rings. The molecule has 0 spiro atoms. The molecule has 0 saturated carbocycles. The monoisotopic (exact) mass is 405 g/mol. The Balaban J connectivity index is 1.84. The minimum absolute atomic E-state index is 0.252. The van der Waals surface area contributed by atoms with Crippen LogP contribution in [0, 0.1) is 5.92 Å². The summed E-state index contributed by atoms with van der Waals surface area (Å²) < 4.78 is 10.3. The van der Waals surface area contributed by atoms with Gasteiger partial charge in [0.1, 0.15) is 5.60 Å². The molecule has 0 bridgehead atoms. The molecule has 29 heavy (non-hydrogen) atoms. The van der Waals surface area contributed by atoms with Crippen molar-refractivity contribution in [2.75, 3.05) is 31.6 Å². The van der Waals surface area contributed by atoms with Gasteiger partial charge in [-0.2, -0.15) is 0 Å². The van der Waals surface area contributed by atoms with E-state index in [1.54, 1.807) is 36.1 Å². The second kappa shape index (κ2) is 10.1. The predicted octanol–water partition coefficient (Wildman–Crippen LogP) is 3.63. The third-order valence-corrected chi connectivity index (χ3v) is 4.50. The van der Waals surface area contributed by atoms with E-state index < -0.39 is 11.7 Å². The topological polar surface area (TPSA) is 97.0 Å². The molecule has 1 saturated heterocycles. The zero-order valence-electron chi connectivity index (χ0n) is 17.6. The van der Waals surface area contributed by atoms with Gasteiger partial charge < -0.3 is 19.7 Å². The quantitative estimate of drug-likeness (QED) is 0.780. The van der Waals surface area contributed by atoms with E-state index in [0.717, 1.165) is 12.8 Å². The largest absolute Gasteiger partial charge is 0.450 e. The number of anilines is 1. The Morgan fingerprint density at radius 2 is 1.79 bits per heavy atom. The van der Waals surface area contributed by atoms with Crippen molar-refractivity contribution in [3.8, 4) is 0 Å². The van der Waals surface area contributed by atoms with Crippen molar-refractivity contribution in [2.45, 2.75) is 46.1 Å². The van der Waals surface area contributed by atoms with Gasteiger partial charge in [0, 0.05) is 19.6 Å². The SMILES string of the molecule is CCOC(=O)Nc1ccccc1C(=O)NCC1CCN(C(=O)OC(C)(C)C)CC1. The highest BCUT2D eigenvalue weighted by Gasteiger charge is 2.27. The number of carbonyl (C=O) groups excluding carboxylic acids is 3. The molecule has 8 nitrogen and oxygen atoms in total. The highest BCUT2D eigenvalue weighted by Crippen LogP contribution is 2.20. The Kier molecular flexibility index (Phi) is 7.87. The minimum atomic E-state index is -0.595. The summed E-state index contributed by atoms with van der Waals surface area (Å²) >= 11 is 0. The molecule has 2 N–H and O–H groups in total. The normalized spacial score (nSPS) is 14.8. The van der Waals surface area contributed by atoms with Crippen LogP contribution in [0.1, 0.15) is 50.9 Å². The fraction of sp³-hybridized carbons (Fsp3) is 0.571.